The quantitative estimate of drug-likeness (QED) is 0.402. The molecule has 0 saturated heterocycles. The van der Waals surface area contributed by atoms with E-state index in [0.717, 1.165) is 28.8 Å². The number of fused-ring (bicyclic) bond motifs is 4. The first-order valence-electron chi connectivity index (χ1n) is 7.65. The highest BCUT2D eigenvalue weighted by Gasteiger charge is 2.15. The normalized spacial score (nSPS) is 10.9. The molecule has 4 heteroatoms. The van der Waals surface area contributed by atoms with Gasteiger partial charge in [-0.3, -0.25) is 4.79 Å². The highest BCUT2D eigenvalue weighted by molar-refractivity contribution is 5.96. The largest absolute Gasteiger partial charge is 0.453 e. The average molecular weight is 320 g/mol. The van der Waals surface area contributed by atoms with Crippen LogP contribution in [0.25, 0.3) is 33.3 Å². The summed E-state index contributed by atoms with van der Waals surface area (Å²) in [5.74, 6) is 0.525. The van der Waals surface area contributed by atoms with Gasteiger partial charge in [-0.15, -0.1) is 0 Å². The van der Waals surface area contributed by atoms with Crippen molar-refractivity contribution in [3.8, 4) is 11.5 Å². The molecule has 0 bridgehead atoms. The van der Waals surface area contributed by atoms with E-state index in [2.05, 4.69) is 11.8 Å². The fraction of sp³-hybridized carbons (Fsp3) is 0.200. The van der Waals surface area contributed by atoms with Crippen molar-refractivity contribution in [2.45, 2.75) is 14.4 Å². The molecule has 2 aliphatic rings. The van der Waals surface area contributed by atoms with E-state index >= 15 is 0 Å². The third-order valence-corrected chi connectivity index (χ3v) is 4.25. The fourth-order valence-corrected chi connectivity index (χ4v) is 2.83. The summed E-state index contributed by atoms with van der Waals surface area (Å²) >= 11 is 0. The number of hydrogen-bond acceptors (Lipinski definition) is 4. The summed E-state index contributed by atoms with van der Waals surface area (Å²) in [4.78, 5) is 19.1. The Balaban J connectivity index is 0.00000169. The average Bonchev–Trinajstić information content (AvgIpc) is 2.59. The second-order valence-corrected chi connectivity index (χ2v) is 5.65. The Bertz CT molecular complexity index is 1050. The molecule has 1 aliphatic heterocycles. The summed E-state index contributed by atoms with van der Waals surface area (Å²) in [5, 5.41) is 1.50. The Morgan fingerprint density at radius 3 is 2.58 bits per heavy atom. The van der Waals surface area contributed by atoms with Crippen molar-refractivity contribution in [3.05, 3.63) is 58.8 Å². The standard InChI is InChI=1S/C19H16N2O2.CH4/c1-3-21(2)12-8-9-15-17(10-12)23-18-11-16(22)13-6-4-5-7-14(13)19(18)20-15;/h4-11H,3H2,1-2H3;1H4. The van der Waals surface area contributed by atoms with E-state index in [1.165, 1.54) is 6.07 Å². The molecule has 0 aromatic heterocycles. The maximum absolute atomic E-state index is 12.3. The monoisotopic (exact) mass is 320 g/mol. The van der Waals surface area contributed by atoms with E-state index in [1.54, 1.807) is 0 Å². The van der Waals surface area contributed by atoms with E-state index in [-0.39, 0.29) is 12.9 Å². The lowest BCUT2D eigenvalue weighted by atomic mass is 10.0. The zero-order valence-corrected chi connectivity index (χ0v) is 13.0. The number of benzene rings is 3. The van der Waals surface area contributed by atoms with Gasteiger partial charge in [0.25, 0.3) is 0 Å². The van der Waals surface area contributed by atoms with Gasteiger partial charge in [0.15, 0.2) is 16.8 Å². The Morgan fingerprint density at radius 1 is 1.08 bits per heavy atom. The Labute approximate surface area is 140 Å². The first kappa shape index (κ1) is 16.0. The van der Waals surface area contributed by atoms with Crippen LogP contribution >= 0.6 is 0 Å². The molecule has 0 radical (unpaired) electrons. The molecule has 24 heavy (non-hydrogen) atoms. The Hall–Kier alpha value is -2.88. The van der Waals surface area contributed by atoms with Gasteiger partial charge in [-0.25, -0.2) is 4.98 Å². The fourth-order valence-electron chi connectivity index (χ4n) is 2.83. The molecule has 0 saturated carbocycles. The van der Waals surface area contributed by atoms with Crippen molar-refractivity contribution in [1.82, 2.24) is 4.98 Å². The molecule has 1 aliphatic carbocycles. The minimum absolute atomic E-state index is 0. The molecule has 4 rings (SSSR count). The molecular weight excluding hydrogens is 300 g/mol. The predicted molar refractivity (Wildman–Crippen MR) is 100 cm³/mol. The van der Waals surface area contributed by atoms with Crippen LogP contribution in [0.3, 0.4) is 0 Å². The summed E-state index contributed by atoms with van der Waals surface area (Å²) in [6.45, 7) is 3.00. The molecule has 0 fully saturated rings. The molecule has 0 atom stereocenters. The van der Waals surface area contributed by atoms with Gasteiger partial charge in [-0.05, 0) is 19.1 Å². The number of nitrogens with zero attached hydrogens (tertiary/aromatic N) is 2. The lowest BCUT2D eigenvalue weighted by molar-refractivity contribution is 0.614. The molecule has 0 N–H and O–H groups in total. The minimum Gasteiger partial charge on any atom is -0.453 e. The van der Waals surface area contributed by atoms with E-state index < -0.39 is 0 Å². The van der Waals surface area contributed by atoms with Crippen LogP contribution in [0.4, 0.5) is 5.69 Å². The maximum Gasteiger partial charge on any atom is 0.190 e. The minimum atomic E-state index is -0.0418. The van der Waals surface area contributed by atoms with E-state index in [1.807, 2.05) is 49.5 Å². The van der Waals surface area contributed by atoms with Crippen LogP contribution in [0.1, 0.15) is 14.4 Å². The van der Waals surface area contributed by atoms with Gasteiger partial charge >= 0.3 is 0 Å². The summed E-state index contributed by atoms with van der Waals surface area (Å²) in [5.41, 5.74) is 3.22. The van der Waals surface area contributed by atoms with E-state index in [9.17, 15) is 4.79 Å². The summed E-state index contributed by atoms with van der Waals surface area (Å²) in [7, 11) is 2.03. The number of aromatic nitrogens is 1. The highest BCUT2D eigenvalue weighted by Crippen LogP contribution is 2.31. The molecule has 0 unspecified atom stereocenters. The van der Waals surface area contributed by atoms with Gasteiger partial charge in [0.1, 0.15) is 11.2 Å². The van der Waals surface area contributed by atoms with Crippen LogP contribution in [0.15, 0.2) is 57.7 Å². The van der Waals surface area contributed by atoms with Crippen molar-refractivity contribution >= 4 is 27.6 Å². The van der Waals surface area contributed by atoms with E-state index in [4.69, 9.17) is 9.40 Å². The zero-order valence-electron chi connectivity index (χ0n) is 13.0. The molecule has 2 aromatic rings. The van der Waals surface area contributed by atoms with Crippen molar-refractivity contribution in [2.75, 3.05) is 18.5 Å². The molecule has 0 spiro atoms. The first-order valence-corrected chi connectivity index (χ1v) is 7.65. The molecule has 122 valence electrons. The van der Waals surface area contributed by atoms with Crippen LogP contribution in [-0.4, -0.2) is 18.6 Å². The van der Waals surface area contributed by atoms with E-state index in [0.29, 0.717) is 16.7 Å². The zero-order chi connectivity index (χ0) is 16.0. The first-order chi connectivity index (χ1) is 11.2. The van der Waals surface area contributed by atoms with Crippen LogP contribution < -0.4 is 10.3 Å². The Kier molecular flexibility index (Phi) is 3.97. The number of hydrogen-bond donors (Lipinski definition) is 0. The van der Waals surface area contributed by atoms with Crippen LogP contribution in [0.2, 0.25) is 0 Å². The lowest BCUT2D eigenvalue weighted by Crippen LogP contribution is -2.15. The SMILES string of the molecule is C.CCN(C)c1ccc2nc3c4ccccc4c(=O)cc-3oc2c1. The van der Waals surface area contributed by atoms with Crippen LogP contribution in [0, 0.1) is 0 Å². The summed E-state index contributed by atoms with van der Waals surface area (Å²) < 4.78 is 5.98. The van der Waals surface area contributed by atoms with Crippen LogP contribution in [-0.2, 0) is 0 Å². The third kappa shape index (κ3) is 2.40. The van der Waals surface area contributed by atoms with Crippen molar-refractivity contribution in [2.24, 2.45) is 0 Å². The molecule has 4 nitrogen and oxygen atoms in total. The van der Waals surface area contributed by atoms with Gasteiger partial charge in [-0.2, -0.15) is 0 Å². The summed E-state index contributed by atoms with van der Waals surface area (Å²) in [6.07, 6.45) is 0. The molecule has 0 amide bonds. The van der Waals surface area contributed by atoms with Crippen molar-refractivity contribution < 1.29 is 4.42 Å². The third-order valence-electron chi connectivity index (χ3n) is 4.25. The number of anilines is 1. The topological polar surface area (TPSA) is 46.3 Å². The van der Waals surface area contributed by atoms with Gasteiger partial charge in [0, 0.05) is 42.2 Å². The van der Waals surface area contributed by atoms with Gasteiger partial charge < -0.3 is 9.32 Å². The smallest absolute Gasteiger partial charge is 0.190 e. The second-order valence-electron chi connectivity index (χ2n) is 5.65. The summed E-state index contributed by atoms with van der Waals surface area (Å²) in [6, 6.07) is 15.0. The van der Waals surface area contributed by atoms with Crippen molar-refractivity contribution in [3.63, 3.8) is 0 Å². The van der Waals surface area contributed by atoms with Gasteiger partial charge in [-0.1, -0.05) is 31.7 Å². The maximum atomic E-state index is 12.3. The predicted octanol–water partition coefficient (Wildman–Crippen LogP) is 4.54. The lowest BCUT2D eigenvalue weighted by Gasteiger charge is -2.17. The van der Waals surface area contributed by atoms with Gasteiger partial charge in [0.05, 0.1) is 0 Å². The molecular formula is C20H20N2O2. The number of rotatable bonds is 2. The van der Waals surface area contributed by atoms with Crippen molar-refractivity contribution in [1.29, 1.82) is 0 Å². The van der Waals surface area contributed by atoms with Gasteiger partial charge in [0.2, 0.25) is 0 Å². The second kappa shape index (κ2) is 5.96. The molecule has 1 heterocycles. The Morgan fingerprint density at radius 2 is 1.83 bits per heavy atom. The highest BCUT2D eigenvalue weighted by atomic mass is 16.3. The van der Waals surface area contributed by atoms with Crippen LogP contribution in [0.5, 0.6) is 0 Å². The molecule has 2 aromatic carbocycles.